The number of likely N-dealkylation sites (N-methyl/N-ethyl adjacent to an activating group) is 1. The highest BCUT2D eigenvalue weighted by atomic mass is 32.1. The van der Waals surface area contributed by atoms with Gasteiger partial charge in [-0.3, -0.25) is 4.90 Å². The summed E-state index contributed by atoms with van der Waals surface area (Å²) in [5.41, 5.74) is 0. The zero-order chi connectivity index (χ0) is 10.8. The van der Waals surface area contributed by atoms with Gasteiger partial charge in [-0.25, -0.2) is 0 Å². The summed E-state index contributed by atoms with van der Waals surface area (Å²) in [4.78, 5) is 5.49. The lowest BCUT2D eigenvalue weighted by molar-refractivity contribution is 0.138. The standard InChI is InChI=1S/C12H20N2S/c1-4-11-5-6-12(15-11)9(2)14(3)10-7-13-8-10/h5-6,9-10,13H,4,7-8H2,1-3H3. The smallest absolute Gasteiger partial charge is 0.0414 e. The summed E-state index contributed by atoms with van der Waals surface area (Å²) in [5.74, 6) is 0. The molecule has 1 saturated heterocycles. The molecular weight excluding hydrogens is 204 g/mol. The Hall–Kier alpha value is -0.380. The van der Waals surface area contributed by atoms with Crippen molar-refractivity contribution in [2.45, 2.75) is 32.4 Å². The van der Waals surface area contributed by atoms with Crippen LogP contribution < -0.4 is 5.32 Å². The van der Waals surface area contributed by atoms with Gasteiger partial charge in [0.2, 0.25) is 0 Å². The first-order valence-electron chi connectivity index (χ1n) is 5.73. The van der Waals surface area contributed by atoms with E-state index in [1.807, 2.05) is 11.3 Å². The number of thiophene rings is 1. The quantitative estimate of drug-likeness (QED) is 0.844. The van der Waals surface area contributed by atoms with Crippen LogP contribution in [0.1, 0.15) is 29.6 Å². The molecule has 1 aromatic heterocycles. The molecule has 3 heteroatoms. The molecule has 0 spiro atoms. The molecule has 2 heterocycles. The summed E-state index contributed by atoms with van der Waals surface area (Å²) in [6.45, 7) is 6.82. The number of rotatable bonds is 4. The number of hydrogen-bond donors (Lipinski definition) is 1. The maximum absolute atomic E-state index is 3.33. The summed E-state index contributed by atoms with van der Waals surface area (Å²) >= 11 is 1.96. The Morgan fingerprint density at radius 2 is 2.27 bits per heavy atom. The molecule has 1 aliphatic rings. The average Bonchev–Trinajstić information content (AvgIpc) is 2.61. The third-order valence-electron chi connectivity index (χ3n) is 3.39. The molecule has 2 nitrogen and oxygen atoms in total. The Balaban J connectivity index is 2.02. The van der Waals surface area contributed by atoms with Crippen molar-refractivity contribution in [3.8, 4) is 0 Å². The minimum Gasteiger partial charge on any atom is -0.314 e. The first kappa shape index (κ1) is 11.1. The van der Waals surface area contributed by atoms with Gasteiger partial charge in [-0.05, 0) is 32.5 Å². The molecule has 0 aromatic carbocycles. The van der Waals surface area contributed by atoms with Crippen LogP contribution in [-0.4, -0.2) is 31.1 Å². The zero-order valence-electron chi connectivity index (χ0n) is 9.79. The van der Waals surface area contributed by atoms with E-state index in [1.54, 1.807) is 0 Å². The largest absolute Gasteiger partial charge is 0.314 e. The summed E-state index contributed by atoms with van der Waals surface area (Å²) in [5, 5.41) is 3.33. The second kappa shape index (κ2) is 4.64. The molecule has 15 heavy (non-hydrogen) atoms. The number of nitrogens with one attached hydrogen (secondary N) is 1. The molecule has 0 amide bonds. The molecular formula is C12H20N2S. The fraction of sp³-hybridized carbons (Fsp3) is 0.667. The Bertz CT molecular complexity index is 317. The summed E-state index contributed by atoms with van der Waals surface area (Å²) in [6.07, 6.45) is 1.16. The number of nitrogens with zero attached hydrogens (tertiary/aromatic N) is 1. The molecule has 0 aliphatic carbocycles. The zero-order valence-corrected chi connectivity index (χ0v) is 10.6. The predicted octanol–water partition coefficient (Wildman–Crippen LogP) is 2.28. The highest BCUT2D eigenvalue weighted by molar-refractivity contribution is 7.12. The Labute approximate surface area is 96.3 Å². The molecule has 84 valence electrons. The SMILES string of the molecule is CCc1ccc(C(C)N(C)C2CNC2)s1. The van der Waals surface area contributed by atoms with E-state index < -0.39 is 0 Å². The van der Waals surface area contributed by atoms with Crippen LogP contribution in [0.15, 0.2) is 12.1 Å². The van der Waals surface area contributed by atoms with E-state index in [0.717, 1.165) is 25.6 Å². The van der Waals surface area contributed by atoms with E-state index >= 15 is 0 Å². The molecule has 1 aliphatic heterocycles. The van der Waals surface area contributed by atoms with Crippen LogP contribution >= 0.6 is 11.3 Å². The molecule has 0 bridgehead atoms. The Morgan fingerprint density at radius 3 is 2.73 bits per heavy atom. The van der Waals surface area contributed by atoms with Crippen molar-refractivity contribution in [2.24, 2.45) is 0 Å². The van der Waals surface area contributed by atoms with E-state index in [2.05, 4.69) is 43.2 Å². The van der Waals surface area contributed by atoms with Gasteiger partial charge in [-0.1, -0.05) is 6.92 Å². The minimum absolute atomic E-state index is 0.558. The first-order chi connectivity index (χ1) is 7.22. The van der Waals surface area contributed by atoms with Crippen LogP contribution in [0.5, 0.6) is 0 Å². The van der Waals surface area contributed by atoms with E-state index in [1.165, 1.54) is 9.75 Å². The van der Waals surface area contributed by atoms with Crippen molar-refractivity contribution < 1.29 is 0 Å². The van der Waals surface area contributed by atoms with Gasteiger partial charge in [0, 0.05) is 34.9 Å². The van der Waals surface area contributed by atoms with Crippen molar-refractivity contribution in [1.82, 2.24) is 10.2 Å². The number of aryl methyl sites for hydroxylation is 1. The maximum Gasteiger partial charge on any atom is 0.0414 e. The van der Waals surface area contributed by atoms with Crippen LogP contribution in [0.3, 0.4) is 0 Å². The second-order valence-corrected chi connectivity index (χ2v) is 5.51. The lowest BCUT2D eigenvalue weighted by atomic mass is 10.1. The topological polar surface area (TPSA) is 15.3 Å². The molecule has 1 aromatic rings. The van der Waals surface area contributed by atoms with Gasteiger partial charge in [-0.15, -0.1) is 11.3 Å². The molecule has 0 saturated carbocycles. The van der Waals surface area contributed by atoms with Crippen molar-refractivity contribution in [3.05, 3.63) is 21.9 Å². The summed E-state index contributed by atoms with van der Waals surface area (Å²) in [6, 6.07) is 5.84. The highest BCUT2D eigenvalue weighted by Gasteiger charge is 2.26. The van der Waals surface area contributed by atoms with Crippen molar-refractivity contribution in [1.29, 1.82) is 0 Å². The Morgan fingerprint density at radius 1 is 1.53 bits per heavy atom. The van der Waals surface area contributed by atoms with Crippen molar-refractivity contribution in [3.63, 3.8) is 0 Å². The normalized spacial score (nSPS) is 19.2. The van der Waals surface area contributed by atoms with Gasteiger partial charge < -0.3 is 5.32 Å². The van der Waals surface area contributed by atoms with E-state index in [-0.39, 0.29) is 0 Å². The lowest BCUT2D eigenvalue weighted by Gasteiger charge is -2.39. The van der Waals surface area contributed by atoms with E-state index in [4.69, 9.17) is 0 Å². The van der Waals surface area contributed by atoms with Crippen molar-refractivity contribution >= 4 is 11.3 Å². The predicted molar refractivity (Wildman–Crippen MR) is 66.5 cm³/mol. The van der Waals surface area contributed by atoms with Gasteiger partial charge >= 0.3 is 0 Å². The molecule has 0 radical (unpaired) electrons. The summed E-state index contributed by atoms with van der Waals surface area (Å²) < 4.78 is 0. The number of hydrogen-bond acceptors (Lipinski definition) is 3. The third kappa shape index (κ3) is 2.25. The van der Waals surface area contributed by atoms with Crippen LogP contribution in [0.2, 0.25) is 0 Å². The van der Waals surface area contributed by atoms with Gasteiger partial charge in [-0.2, -0.15) is 0 Å². The molecule has 2 rings (SSSR count). The highest BCUT2D eigenvalue weighted by Crippen LogP contribution is 2.28. The van der Waals surface area contributed by atoms with Crippen molar-refractivity contribution in [2.75, 3.05) is 20.1 Å². The molecule has 1 N–H and O–H groups in total. The average molecular weight is 224 g/mol. The van der Waals surface area contributed by atoms with Crippen LogP contribution in [0.4, 0.5) is 0 Å². The molecule has 1 fully saturated rings. The summed E-state index contributed by atoms with van der Waals surface area (Å²) in [7, 11) is 2.24. The van der Waals surface area contributed by atoms with Crippen LogP contribution in [0, 0.1) is 0 Å². The van der Waals surface area contributed by atoms with E-state index in [9.17, 15) is 0 Å². The fourth-order valence-corrected chi connectivity index (χ4v) is 2.94. The minimum atomic E-state index is 0.558. The monoisotopic (exact) mass is 224 g/mol. The van der Waals surface area contributed by atoms with Crippen LogP contribution in [-0.2, 0) is 6.42 Å². The van der Waals surface area contributed by atoms with Gasteiger partial charge in [0.05, 0.1) is 0 Å². The maximum atomic E-state index is 3.33. The van der Waals surface area contributed by atoms with Gasteiger partial charge in [0.15, 0.2) is 0 Å². The fourth-order valence-electron chi connectivity index (χ4n) is 1.89. The third-order valence-corrected chi connectivity index (χ3v) is 4.79. The molecule has 1 atom stereocenters. The molecule has 1 unspecified atom stereocenters. The second-order valence-electron chi connectivity index (χ2n) is 4.31. The Kier molecular flexibility index (Phi) is 3.44. The van der Waals surface area contributed by atoms with Crippen LogP contribution in [0.25, 0.3) is 0 Å². The van der Waals surface area contributed by atoms with Gasteiger partial charge in [0.1, 0.15) is 0 Å². The van der Waals surface area contributed by atoms with Gasteiger partial charge in [0.25, 0.3) is 0 Å². The lowest BCUT2D eigenvalue weighted by Crippen LogP contribution is -2.56. The van der Waals surface area contributed by atoms with E-state index in [0.29, 0.717) is 6.04 Å². The first-order valence-corrected chi connectivity index (χ1v) is 6.55.